The lowest BCUT2D eigenvalue weighted by Crippen LogP contribution is -2.59. The molecular formula is C30H43N9O10S. The SMILES string of the molecule is CSCC[C@H](NC(=O)[C@H](C)NC(=O)[C@H](Cc1ccc(O)cc1)NC(=O)[C@H](CC(N)=O)NC(=O)[C@@H](N)CO)C(=O)N[C@@H](Cc1cnc[nH]1)C(=O)O. The summed E-state index contributed by atoms with van der Waals surface area (Å²) < 4.78 is 0. The van der Waals surface area contributed by atoms with Crippen LogP contribution in [0.3, 0.4) is 0 Å². The number of phenols is 1. The highest BCUT2D eigenvalue weighted by molar-refractivity contribution is 7.98. The van der Waals surface area contributed by atoms with E-state index in [9.17, 15) is 48.9 Å². The van der Waals surface area contributed by atoms with Crippen molar-refractivity contribution in [2.75, 3.05) is 18.6 Å². The lowest BCUT2D eigenvalue weighted by atomic mass is 10.0. The van der Waals surface area contributed by atoms with Gasteiger partial charge in [0.2, 0.25) is 35.4 Å². The van der Waals surface area contributed by atoms with Crippen LogP contribution in [0.25, 0.3) is 0 Å². The number of aromatic amines is 1. The average molecular weight is 722 g/mol. The number of aliphatic carboxylic acids is 1. The monoisotopic (exact) mass is 721 g/mol. The van der Waals surface area contributed by atoms with Gasteiger partial charge in [-0.1, -0.05) is 12.1 Å². The van der Waals surface area contributed by atoms with Gasteiger partial charge in [-0.25, -0.2) is 9.78 Å². The highest BCUT2D eigenvalue weighted by Crippen LogP contribution is 2.12. The molecule has 6 atom stereocenters. The number of hydrogen-bond donors (Lipinski definition) is 11. The molecule has 0 aliphatic carbocycles. The molecular weight excluding hydrogens is 678 g/mol. The largest absolute Gasteiger partial charge is 0.508 e. The van der Waals surface area contributed by atoms with Crippen LogP contribution in [0.2, 0.25) is 0 Å². The van der Waals surface area contributed by atoms with Gasteiger partial charge in [0.25, 0.3) is 0 Å². The van der Waals surface area contributed by atoms with Crippen LogP contribution >= 0.6 is 11.8 Å². The van der Waals surface area contributed by atoms with Crippen molar-refractivity contribution in [3.8, 4) is 5.75 Å². The third-order valence-electron chi connectivity index (χ3n) is 7.17. The first-order valence-corrected chi connectivity index (χ1v) is 16.7. The van der Waals surface area contributed by atoms with Crippen LogP contribution in [-0.4, -0.2) is 122 Å². The maximum Gasteiger partial charge on any atom is 0.326 e. The highest BCUT2D eigenvalue weighted by atomic mass is 32.2. The standard InChI is InChI=1S/C30H43N9O10S/c1-15(25(43)36-20(7-8-50-2)27(45)39-23(30(48)49)10-17-12-33-14-34-17)35-28(46)21(9-16-3-5-18(41)6-4-16)38-29(47)22(11-24(32)42)37-26(44)19(31)13-40/h3-6,12,14-15,19-23,40-41H,7-11,13,31H2,1-2H3,(H2,32,42)(H,33,34)(H,35,46)(H,36,43)(H,37,44)(H,38,47)(H,39,45)(H,48,49)/t15-,19-,20-,21-,22-,23-/m0/s1. The first kappa shape index (κ1) is 41.0. The summed E-state index contributed by atoms with van der Waals surface area (Å²) in [5.74, 6) is -6.33. The van der Waals surface area contributed by atoms with Gasteiger partial charge in [0, 0.05) is 24.7 Å². The summed E-state index contributed by atoms with van der Waals surface area (Å²) in [4.78, 5) is 95.5. The molecule has 1 heterocycles. The first-order chi connectivity index (χ1) is 23.6. The first-order valence-electron chi connectivity index (χ1n) is 15.3. The Bertz CT molecular complexity index is 1480. The van der Waals surface area contributed by atoms with E-state index in [-0.39, 0.29) is 25.0 Å². The number of carbonyl (C=O) groups is 7. The number of imidazole rings is 1. The number of aromatic hydroxyl groups is 1. The van der Waals surface area contributed by atoms with Crippen LogP contribution in [0, 0.1) is 0 Å². The molecule has 1 aromatic heterocycles. The second-order valence-corrected chi connectivity index (χ2v) is 12.2. The Morgan fingerprint density at radius 3 is 1.98 bits per heavy atom. The second-order valence-electron chi connectivity index (χ2n) is 11.2. The van der Waals surface area contributed by atoms with Crippen molar-refractivity contribution in [1.29, 1.82) is 0 Å². The molecule has 2 rings (SSSR count). The van der Waals surface area contributed by atoms with E-state index in [1.54, 1.807) is 6.26 Å². The molecule has 0 saturated heterocycles. The van der Waals surface area contributed by atoms with Gasteiger partial charge in [-0.05, 0) is 43.0 Å². The van der Waals surface area contributed by atoms with Crippen molar-refractivity contribution in [3.63, 3.8) is 0 Å². The van der Waals surface area contributed by atoms with Crippen molar-refractivity contribution in [2.45, 2.75) is 68.9 Å². The van der Waals surface area contributed by atoms with Crippen LogP contribution in [0.15, 0.2) is 36.8 Å². The summed E-state index contributed by atoms with van der Waals surface area (Å²) in [6, 6.07) is -2.54. The number of thioether (sulfide) groups is 1. The number of nitrogens with zero attached hydrogens (tertiary/aromatic N) is 1. The minimum absolute atomic E-state index is 0.0652. The number of aliphatic hydroxyl groups is 1. The molecule has 274 valence electrons. The van der Waals surface area contributed by atoms with Crippen molar-refractivity contribution in [2.24, 2.45) is 11.5 Å². The van der Waals surface area contributed by atoms with E-state index >= 15 is 0 Å². The van der Waals surface area contributed by atoms with Gasteiger partial charge in [-0.3, -0.25) is 28.8 Å². The topological polar surface area (TPSA) is 321 Å². The number of carbonyl (C=O) groups excluding carboxylic acids is 6. The zero-order chi connectivity index (χ0) is 37.4. The lowest BCUT2D eigenvalue weighted by Gasteiger charge is -2.26. The number of primary amides is 1. The molecule has 0 unspecified atom stereocenters. The fraction of sp³-hybridized carbons (Fsp3) is 0.467. The smallest absolute Gasteiger partial charge is 0.326 e. The molecule has 0 bridgehead atoms. The molecule has 0 fully saturated rings. The number of carboxylic acid groups (broad SMARTS) is 1. The van der Waals surface area contributed by atoms with E-state index < -0.39 is 90.7 Å². The van der Waals surface area contributed by atoms with Crippen LogP contribution in [0.4, 0.5) is 0 Å². The summed E-state index contributed by atoms with van der Waals surface area (Å²) in [6.45, 7) is 0.564. The van der Waals surface area contributed by atoms with E-state index in [1.165, 1.54) is 55.5 Å². The zero-order valence-electron chi connectivity index (χ0n) is 27.4. The Morgan fingerprint density at radius 2 is 1.42 bits per heavy atom. The predicted octanol–water partition coefficient (Wildman–Crippen LogP) is -3.62. The summed E-state index contributed by atoms with van der Waals surface area (Å²) in [7, 11) is 0. The zero-order valence-corrected chi connectivity index (χ0v) is 28.2. The van der Waals surface area contributed by atoms with Crippen molar-refractivity contribution in [3.05, 3.63) is 48.0 Å². The number of nitrogens with one attached hydrogen (secondary N) is 6. The van der Waals surface area contributed by atoms with Gasteiger partial charge in [-0.2, -0.15) is 11.8 Å². The number of benzene rings is 1. The molecule has 2 aromatic rings. The van der Waals surface area contributed by atoms with Gasteiger partial charge in [0.05, 0.1) is 19.4 Å². The molecule has 0 saturated carbocycles. The number of hydrogen-bond acceptors (Lipinski definition) is 12. The Balaban J connectivity index is 2.22. The molecule has 0 radical (unpaired) electrons. The summed E-state index contributed by atoms with van der Waals surface area (Å²) >= 11 is 1.38. The number of nitrogens with two attached hydrogens (primary N) is 2. The van der Waals surface area contributed by atoms with E-state index in [4.69, 9.17) is 11.5 Å². The van der Waals surface area contributed by atoms with E-state index in [0.717, 1.165) is 0 Å². The molecule has 19 nitrogen and oxygen atoms in total. The van der Waals surface area contributed by atoms with Crippen molar-refractivity contribution >= 4 is 53.2 Å². The number of amides is 6. The summed E-state index contributed by atoms with van der Waals surface area (Å²) in [5, 5.41) is 40.5. The number of H-pyrrole nitrogens is 1. The van der Waals surface area contributed by atoms with Gasteiger partial charge in [0.1, 0.15) is 42.0 Å². The Labute approximate surface area is 291 Å². The number of aliphatic hydroxyl groups excluding tert-OH is 1. The van der Waals surface area contributed by atoms with E-state index in [0.29, 0.717) is 17.0 Å². The maximum absolute atomic E-state index is 13.5. The Hall–Kier alpha value is -5.21. The number of aromatic nitrogens is 2. The fourth-order valence-electron chi connectivity index (χ4n) is 4.39. The third-order valence-corrected chi connectivity index (χ3v) is 7.81. The summed E-state index contributed by atoms with van der Waals surface area (Å²) in [6.07, 6.45) is 3.74. The van der Waals surface area contributed by atoms with Gasteiger partial charge in [0.15, 0.2) is 0 Å². The number of carboxylic acids is 1. The van der Waals surface area contributed by atoms with Crippen LogP contribution in [0.1, 0.15) is 31.0 Å². The maximum atomic E-state index is 13.5. The summed E-state index contributed by atoms with van der Waals surface area (Å²) in [5.41, 5.74) is 11.7. The van der Waals surface area contributed by atoms with Gasteiger partial charge < -0.3 is 58.4 Å². The van der Waals surface area contributed by atoms with Crippen LogP contribution < -0.4 is 38.1 Å². The van der Waals surface area contributed by atoms with Gasteiger partial charge in [-0.15, -0.1) is 0 Å². The number of phenolic OH excluding ortho intramolecular Hbond substituents is 1. The van der Waals surface area contributed by atoms with E-state index in [2.05, 4.69) is 36.6 Å². The van der Waals surface area contributed by atoms with Crippen molar-refractivity contribution in [1.82, 2.24) is 36.6 Å². The molecule has 0 aliphatic rings. The fourth-order valence-corrected chi connectivity index (χ4v) is 4.86. The average Bonchev–Trinajstić information content (AvgIpc) is 3.58. The molecule has 6 amide bonds. The number of rotatable bonds is 21. The molecule has 0 aliphatic heterocycles. The van der Waals surface area contributed by atoms with Crippen LogP contribution in [-0.2, 0) is 46.4 Å². The Kier molecular flexibility index (Phi) is 16.7. The minimum Gasteiger partial charge on any atom is -0.508 e. The third kappa shape index (κ3) is 13.7. The van der Waals surface area contributed by atoms with Gasteiger partial charge >= 0.3 is 5.97 Å². The van der Waals surface area contributed by atoms with Crippen molar-refractivity contribution < 1.29 is 48.9 Å². The molecule has 0 spiro atoms. The second kappa shape index (κ2) is 20.3. The predicted molar refractivity (Wildman–Crippen MR) is 179 cm³/mol. The van der Waals surface area contributed by atoms with E-state index in [1.807, 2.05) is 0 Å². The molecule has 13 N–H and O–H groups in total. The highest BCUT2D eigenvalue weighted by Gasteiger charge is 2.32. The molecule has 50 heavy (non-hydrogen) atoms. The Morgan fingerprint density at radius 1 is 0.840 bits per heavy atom. The lowest BCUT2D eigenvalue weighted by molar-refractivity contribution is -0.142. The molecule has 1 aromatic carbocycles. The molecule has 20 heteroatoms. The normalized spacial score (nSPS) is 14.5. The quantitative estimate of drug-likeness (QED) is 0.0594. The van der Waals surface area contributed by atoms with Crippen LogP contribution in [0.5, 0.6) is 5.75 Å². The minimum atomic E-state index is -1.58.